The number of rotatable bonds is 8. The van der Waals surface area contributed by atoms with E-state index in [0.29, 0.717) is 6.10 Å². The topological polar surface area (TPSA) is 24.5 Å². The minimum Gasteiger partial charge on any atom is -0.381 e. The highest BCUT2D eigenvalue weighted by atomic mass is 16.5. The van der Waals surface area contributed by atoms with Crippen LogP contribution in [0.1, 0.15) is 45.4 Å². The minimum atomic E-state index is 0.471. The third-order valence-corrected chi connectivity index (χ3v) is 3.89. The molecule has 1 saturated heterocycles. The molecule has 3 nitrogen and oxygen atoms in total. The molecule has 0 spiro atoms. The van der Waals surface area contributed by atoms with E-state index in [1.807, 2.05) is 7.11 Å². The first-order chi connectivity index (χ1) is 8.26. The quantitative estimate of drug-likeness (QED) is 0.661. The van der Waals surface area contributed by atoms with E-state index < -0.39 is 0 Å². The van der Waals surface area contributed by atoms with Crippen molar-refractivity contribution in [3.63, 3.8) is 0 Å². The molecule has 0 bridgehead atoms. The summed E-state index contributed by atoms with van der Waals surface area (Å²) < 4.78 is 5.38. The maximum Gasteiger partial charge on any atom is 0.0568 e. The van der Waals surface area contributed by atoms with Crippen LogP contribution in [0, 0.1) is 0 Å². The molecule has 1 aliphatic heterocycles. The van der Waals surface area contributed by atoms with E-state index in [4.69, 9.17) is 4.74 Å². The van der Waals surface area contributed by atoms with Crippen molar-refractivity contribution in [3.8, 4) is 0 Å². The smallest absolute Gasteiger partial charge is 0.0568 e. The van der Waals surface area contributed by atoms with Crippen molar-refractivity contribution in [2.45, 2.75) is 57.6 Å². The predicted octanol–water partition coefficient (Wildman–Crippen LogP) is 2.27. The molecule has 0 unspecified atom stereocenters. The summed E-state index contributed by atoms with van der Waals surface area (Å²) in [5.41, 5.74) is 0. The van der Waals surface area contributed by atoms with Crippen molar-refractivity contribution in [2.75, 3.05) is 33.8 Å². The highest BCUT2D eigenvalue weighted by molar-refractivity contribution is 4.75. The van der Waals surface area contributed by atoms with Crippen LogP contribution in [0.25, 0.3) is 0 Å². The van der Waals surface area contributed by atoms with Gasteiger partial charge in [-0.25, -0.2) is 0 Å². The number of hydrogen-bond acceptors (Lipinski definition) is 3. The first kappa shape index (κ1) is 14.9. The first-order valence-electron chi connectivity index (χ1n) is 7.21. The molecule has 17 heavy (non-hydrogen) atoms. The SMILES string of the molecule is CC[C@@H](CCCCNC1CCN(C)CC1)OC. The molecule has 3 heteroatoms. The molecule has 0 aromatic rings. The third-order valence-electron chi connectivity index (χ3n) is 3.89. The third kappa shape index (κ3) is 6.39. The van der Waals surface area contributed by atoms with Gasteiger partial charge in [0.1, 0.15) is 0 Å². The Labute approximate surface area is 107 Å². The maximum atomic E-state index is 5.38. The van der Waals surface area contributed by atoms with Gasteiger partial charge < -0.3 is 15.0 Å². The molecule has 1 fully saturated rings. The van der Waals surface area contributed by atoms with Gasteiger partial charge in [0.15, 0.2) is 0 Å². The van der Waals surface area contributed by atoms with Crippen LogP contribution in [-0.2, 0) is 4.74 Å². The normalized spacial score (nSPS) is 20.6. The molecule has 1 rings (SSSR count). The summed E-state index contributed by atoms with van der Waals surface area (Å²) >= 11 is 0. The molecule has 1 N–H and O–H groups in total. The van der Waals surface area contributed by atoms with Crippen LogP contribution >= 0.6 is 0 Å². The number of unbranched alkanes of at least 4 members (excludes halogenated alkanes) is 1. The standard InChI is InChI=1S/C14H30N2O/c1-4-14(17-3)7-5-6-10-15-13-8-11-16(2)12-9-13/h13-15H,4-12H2,1-3H3/t14-/m0/s1. The van der Waals surface area contributed by atoms with Crippen LogP contribution in [0.2, 0.25) is 0 Å². The lowest BCUT2D eigenvalue weighted by molar-refractivity contribution is 0.0898. The summed E-state index contributed by atoms with van der Waals surface area (Å²) in [4.78, 5) is 2.42. The summed E-state index contributed by atoms with van der Waals surface area (Å²) in [7, 11) is 4.04. The van der Waals surface area contributed by atoms with Gasteiger partial charge in [-0.05, 0) is 65.2 Å². The zero-order valence-corrected chi connectivity index (χ0v) is 11.9. The second-order valence-electron chi connectivity index (χ2n) is 5.29. The number of likely N-dealkylation sites (tertiary alicyclic amines) is 1. The number of nitrogens with one attached hydrogen (secondary N) is 1. The van der Waals surface area contributed by atoms with Gasteiger partial charge in [0.05, 0.1) is 6.10 Å². The van der Waals surface area contributed by atoms with Crippen molar-refractivity contribution in [3.05, 3.63) is 0 Å². The van der Waals surface area contributed by atoms with Crippen LogP contribution in [0.4, 0.5) is 0 Å². The Balaban J connectivity index is 1.93. The van der Waals surface area contributed by atoms with Gasteiger partial charge in [0.25, 0.3) is 0 Å². The number of hydrogen-bond donors (Lipinski definition) is 1. The summed E-state index contributed by atoms with van der Waals surface area (Å²) in [6.45, 7) is 5.87. The molecule has 1 atom stereocenters. The number of ether oxygens (including phenoxy) is 1. The van der Waals surface area contributed by atoms with Crippen LogP contribution in [-0.4, -0.2) is 50.8 Å². The highest BCUT2D eigenvalue weighted by Gasteiger charge is 2.15. The van der Waals surface area contributed by atoms with E-state index in [1.165, 1.54) is 51.7 Å². The van der Waals surface area contributed by atoms with Crippen LogP contribution in [0.5, 0.6) is 0 Å². The molecule has 102 valence electrons. The fourth-order valence-electron chi connectivity index (χ4n) is 2.50. The Morgan fingerprint density at radius 1 is 1.29 bits per heavy atom. The van der Waals surface area contributed by atoms with Gasteiger partial charge in [-0.3, -0.25) is 0 Å². The molecule has 0 aromatic heterocycles. The van der Waals surface area contributed by atoms with Gasteiger partial charge in [-0.15, -0.1) is 0 Å². The van der Waals surface area contributed by atoms with E-state index in [2.05, 4.69) is 24.2 Å². The Bertz CT molecular complexity index is 175. The first-order valence-corrected chi connectivity index (χ1v) is 7.21. The van der Waals surface area contributed by atoms with Crippen molar-refractivity contribution >= 4 is 0 Å². The molecule has 1 heterocycles. The number of nitrogens with zero attached hydrogens (tertiary/aromatic N) is 1. The monoisotopic (exact) mass is 242 g/mol. The Morgan fingerprint density at radius 2 is 2.00 bits per heavy atom. The van der Waals surface area contributed by atoms with Crippen molar-refractivity contribution < 1.29 is 4.74 Å². The van der Waals surface area contributed by atoms with E-state index >= 15 is 0 Å². The average Bonchev–Trinajstić information content (AvgIpc) is 2.36. The lowest BCUT2D eigenvalue weighted by atomic mass is 10.1. The van der Waals surface area contributed by atoms with Crippen LogP contribution in [0.3, 0.4) is 0 Å². The Hall–Kier alpha value is -0.120. The molecule has 0 aromatic carbocycles. The van der Waals surface area contributed by atoms with E-state index in [9.17, 15) is 0 Å². The second-order valence-corrected chi connectivity index (χ2v) is 5.29. The molecule has 0 saturated carbocycles. The van der Waals surface area contributed by atoms with Gasteiger partial charge in [-0.1, -0.05) is 6.92 Å². The van der Waals surface area contributed by atoms with Crippen LogP contribution in [0.15, 0.2) is 0 Å². The zero-order valence-electron chi connectivity index (χ0n) is 11.9. The van der Waals surface area contributed by atoms with Crippen molar-refractivity contribution in [1.29, 1.82) is 0 Å². The maximum absolute atomic E-state index is 5.38. The van der Waals surface area contributed by atoms with Crippen LogP contribution < -0.4 is 5.32 Å². The van der Waals surface area contributed by atoms with Gasteiger partial charge in [-0.2, -0.15) is 0 Å². The minimum absolute atomic E-state index is 0.471. The molecule has 0 amide bonds. The Morgan fingerprint density at radius 3 is 2.59 bits per heavy atom. The highest BCUT2D eigenvalue weighted by Crippen LogP contribution is 2.09. The van der Waals surface area contributed by atoms with Gasteiger partial charge in [0, 0.05) is 13.2 Å². The second kappa shape index (κ2) is 8.90. The summed E-state index contributed by atoms with van der Waals surface area (Å²) in [6, 6.07) is 0.760. The fraction of sp³-hybridized carbons (Fsp3) is 1.00. The largest absolute Gasteiger partial charge is 0.381 e. The van der Waals surface area contributed by atoms with E-state index in [-0.39, 0.29) is 0 Å². The van der Waals surface area contributed by atoms with Gasteiger partial charge >= 0.3 is 0 Å². The summed E-state index contributed by atoms with van der Waals surface area (Å²) in [6.07, 6.45) is 8.01. The summed E-state index contributed by atoms with van der Waals surface area (Å²) in [5.74, 6) is 0. The van der Waals surface area contributed by atoms with E-state index in [1.54, 1.807) is 0 Å². The van der Waals surface area contributed by atoms with E-state index in [0.717, 1.165) is 12.5 Å². The zero-order chi connectivity index (χ0) is 12.5. The van der Waals surface area contributed by atoms with Crippen molar-refractivity contribution in [2.24, 2.45) is 0 Å². The molecule has 0 radical (unpaired) electrons. The number of piperidine rings is 1. The van der Waals surface area contributed by atoms with Gasteiger partial charge in [0.2, 0.25) is 0 Å². The molecular formula is C14H30N2O. The molecule has 0 aliphatic carbocycles. The fourth-order valence-corrected chi connectivity index (χ4v) is 2.50. The molecule has 1 aliphatic rings. The molecular weight excluding hydrogens is 212 g/mol. The predicted molar refractivity (Wildman–Crippen MR) is 73.5 cm³/mol. The van der Waals surface area contributed by atoms with Crippen molar-refractivity contribution in [1.82, 2.24) is 10.2 Å². The number of methoxy groups -OCH3 is 1. The average molecular weight is 242 g/mol. The lowest BCUT2D eigenvalue weighted by Gasteiger charge is -2.29. The summed E-state index contributed by atoms with van der Waals surface area (Å²) in [5, 5.41) is 3.68. The Kier molecular flexibility index (Phi) is 7.82. The lowest BCUT2D eigenvalue weighted by Crippen LogP contribution is -2.41.